The van der Waals surface area contributed by atoms with E-state index in [2.05, 4.69) is 5.32 Å². The van der Waals surface area contributed by atoms with Gasteiger partial charge in [0.15, 0.2) is 6.61 Å². The van der Waals surface area contributed by atoms with Gasteiger partial charge in [-0.2, -0.15) is 0 Å². The lowest BCUT2D eigenvalue weighted by Crippen LogP contribution is -2.28. The molecule has 7 nitrogen and oxygen atoms in total. The fourth-order valence-corrected chi connectivity index (χ4v) is 3.19. The SMILES string of the molecule is COc1cccc(NC(=O)COC(=O)[C@@H]2CC(=O)N(c3ccc(C)c(Cl)c3)C2)c1. The maximum Gasteiger partial charge on any atom is 0.311 e. The van der Waals surface area contributed by atoms with Gasteiger partial charge in [0.25, 0.3) is 5.91 Å². The fraction of sp³-hybridized carbons (Fsp3) is 0.286. The number of hydrogen-bond donors (Lipinski definition) is 1. The highest BCUT2D eigenvalue weighted by Crippen LogP contribution is 2.29. The molecule has 1 N–H and O–H groups in total. The second-order valence-electron chi connectivity index (χ2n) is 6.73. The van der Waals surface area contributed by atoms with Crippen LogP contribution in [0.3, 0.4) is 0 Å². The molecule has 1 fully saturated rings. The molecule has 1 aliphatic heterocycles. The minimum absolute atomic E-state index is 0.0296. The Labute approximate surface area is 173 Å². The van der Waals surface area contributed by atoms with E-state index < -0.39 is 24.4 Å². The lowest BCUT2D eigenvalue weighted by molar-refractivity contribution is -0.151. The third kappa shape index (κ3) is 5.06. The number of anilines is 2. The smallest absolute Gasteiger partial charge is 0.311 e. The first-order chi connectivity index (χ1) is 13.9. The van der Waals surface area contributed by atoms with E-state index in [-0.39, 0.29) is 18.9 Å². The van der Waals surface area contributed by atoms with Crippen molar-refractivity contribution < 1.29 is 23.9 Å². The molecule has 2 amide bonds. The standard InChI is InChI=1S/C21H21ClN2O5/c1-13-6-7-16(10-18(13)22)24-11-14(8-20(24)26)21(27)29-12-19(25)23-15-4-3-5-17(9-15)28-2/h3-7,9-10,14H,8,11-12H2,1-2H3,(H,23,25)/t14-/m1/s1. The first-order valence-electron chi connectivity index (χ1n) is 9.04. The van der Waals surface area contributed by atoms with E-state index in [1.165, 1.54) is 12.0 Å². The van der Waals surface area contributed by atoms with Crippen LogP contribution in [0.25, 0.3) is 0 Å². The quantitative estimate of drug-likeness (QED) is 0.731. The molecule has 2 aromatic rings. The number of esters is 1. The Bertz CT molecular complexity index is 946. The normalized spacial score (nSPS) is 15.9. The van der Waals surface area contributed by atoms with Crippen LogP contribution >= 0.6 is 11.6 Å². The third-order valence-electron chi connectivity index (χ3n) is 4.62. The number of amides is 2. The van der Waals surface area contributed by atoms with E-state index in [1.807, 2.05) is 13.0 Å². The van der Waals surface area contributed by atoms with Crippen molar-refractivity contribution in [3.05, 3.63) is 53.1 Å². The minimum Gasteiger partial charge on any atom is -0.497 e. The van der Waals surface area contributed by atoms with Gasteiger partial charge in [-0.1, -0.05) is 23.7 Å². The largest absolute Gasteiger partial charge is 0.497 e. The van der Waals surface area contributed by atoms with Crippen molar-refractivity contribution in [3.8, 4) is 5.75 Å². The van der Waals surface area contributed by atoms with Crippen LogP contribution in [-0.4, -0.2) is 38.0 Å². The Morgan fingerprint density at radius 2 is 2.03 bits per heavy atom. The topological polar surface area (TPSA) is 84.9 Å². The number of carbonyl (C=O) groups is 3. The molecule has 0 aromatic heterocycles. The highest BCUT2D eigenvalue weighted by atomic mass is 35.5. The molecule has 3 rings (SSSR count). The second-order valence-corrected chi connectivity index (χ2v) is 7.13. The Morgan fingerprint density at radius 3 is 2.76 bits per heavy atom. The number of methoxy groups -OCH3 is 1. The predicted octanol–water partition coefficient (Wildman–Crippen LogP) is 3.19. The van der Waals surface area contributed by atoms with Crippen LogP contribution in [0.4, 0.5) is 11.4 Å². The second kappa shape index (κ2) is 8.96. The van der Waals surface area contributed by atoms with Crippen molar-refractivity contribution in [2.75, 3.05) is 30.5 Å². The lowest BCUT2D eigenvalue weighted by Gasteiger charge is -2.17. The number of benzene rings is 2. The molecule has 2 aromatic carbocycles. The Kier molecular flexibility index (Phi) is 6.39. The number of halogens is 1. The van der Waals surface area contributed by atoms with Crippen LogP contribution in [-0.2, 0) is 19.1 Å². The molecule has 1 aliphatic rings. The van der Waals surface area contributed by atoms with Crippen molar-refractivity contribution in [3.63, 3.8) is 0 Å². The van der Waals surface area contributed by atoms with Gasteiger partial charge < -0.3 is 19.7 Å². The number of ether oxygens (including phenoxy) is 2. The van der Waals surface area contributed by atoms with Gasteiger partial charge in [-0.15, -0.1) is 0 Å². The zero-order valence-corrected chi connectivity index (χ0v) is 16.9. The van der Waals surface area contributed by atoms with Crippen molar-refractivity contribution in [2.45, 2.75) is 13.3 Å². The maximum absolute atomic E-state index is 12.3. The molecular formula is C21H21ClN2O5. The summed E-state index contributed by atoms with van der Waals surface area (Å²) in [4.78, 5) is 38.2. The predicted molar refractivity (Wildman–Crippen MR) is 109 cm³/mol. The van der Waals surface area contributed by atoms with Gasteiger partial charge in [0.05, 0.1) is 13.0 Å². The first-order valence-corrected chi connectivity index (χ1v) is 9.42. The van der Waals surface area contributed by atoms with Gasteiger partial charge in [-0.3, -0.25) is 14.4 Å². The first kappa shape index (κ1) is 20.7. The Hall–Kier alpha value is -3.06. The van der Waals surface area contributed by atoms with Gasteiger partial charge in [-0.25, -0.2) is 0 Å². The van der Waals surface area contributed by atoms with E-state index in [9.17, 15) is 14.4 Å². The molecular weight excluding hydrogens is 396 g/mol. The number of nitrogens with one attached hydrogen (secondary N) is 1. The molecule has 29 heavy (non-hydrogen) atoms. The Morgan fingerprint density at radius 1 is 1.24 bits per heavy atom. The average Bonchev–Trinajstić information content (AvgIpc) is 3.10. The van der Waals surface area contributed by atoms with E-state index in [0.29, 0.717) is 22.1 Å². The van der Waals surface area contributed by atoms with E-state index in [1.54, 1.807) is 36.4 Å². The lowest BCUT2D eigenvalue weighted by atomic mass is 10.1. The van der Waals surface area contributed by atoms with E-state index in [0.717, 1.165) is 5.56 Å². The van der Waals surface area contributed by atoms with Gasteiger partial charge in [0, 0.05) is 35.4 Å². The summed E-state index contributed by atoms with van der Waals surface area (Å²) in [5.74, 6) is -1.28. The number of hydrogen-bond acceptors (Lipinski definition) is 5. The van der Waals surface area contributed by atoms with Crippen molar-refractivity contribution >= 4 is 40.8 Å². The summed E-state index contributed by atoms with van der Waals surface area (Å²) in [5.41, 5.74) is 2.07. The molecule has 1 saturated heterocycles. The molecule has 0 spiro atoms. The zero-order valence-electron chi connectivity index (χ0n) is 16.1. The molecule has 1 heterocycles. The van der Waals surface area contributed by atoms with E-state index >= 15 is 0 Å². The average molecular weight is 417 g/mol. The van der Waals surface area contributed by atoms with Crippen LogP contribution in [0, 0.1) is 12.8 Å². The van der Waals surface area contributed by atoms with Crippen molar-refractivity contribution in [2.24, 2.45) is 5.92 Å². The molecule has 1 atom stereocenters. The Balaban J connectivity index is 1.53. The molecule has 8 heteroatoms. The van der Waals surface area contributed by atoms with Crippen LogP contribution in [0.1, 0.15) is 12.0 Å². The zero-order chi connectivity index (χ0) is 21.0. The summed E-state index contributed by atoms with van der Waals surface area (Å²) < 4.78 is 10.2. The summed E-state index contributed by atoms with van der Waals surface area (Å²) in [5, 5.41) is 3.18. The van der Waals surface area contributed by atoms with Crippen LogP contribution in [0.15, 0.2) is 42.5 Å². The van der Waals surface area contributed by atoms with Gasteiger partial charge in [0.1, 0.15) is 5.75 Å². The van der Waals surface area contributed by atoms with Crippen LogP contribution in [0.2, 0.25) is 5.02 Å². The van der Waals surface area contributed by atoms with Crippen molar-refractivity contribution in [1.29, 1.82) is 0 Å². The minimum atomic E-state index is -0.632. The summed E-state index contributed by atoms with van der Waals surface area (Å²) in [6, 6.07) is 12.1. The monoisotopic (exact) mass is 416 g/mol. The number of nitrogens with zero attached hydrogens (tertiary/aromatic N) is 1. The maximum atomic E-state index is 12.3. The molecule has 0 aliphatic carbocycles. The molecule has 152 valence electrons. The molecule has 0 bridgehead atoms. The molecule has 0 radical (unpaired) electrons. The molecule has 0 unspecified atom stereocenters. The van der Waals surface area contributed by atoms with Crippen LogP contribution < -0.4 is 15.0 Å². The third-order valence-corrected chi connectivity index (χ3v) is 5.03. The van der Waals surface area contributed by atoms with Gasteiger partial charge >= 0.3 is 5.97 Å². The van der Waals surface area contributed by atoms with Crippen molar-refractivity contribution in [1.82, 2.24) is 0 Å². The number of carbonyl (C=O) groups excluding carboxylic acids is 3. The highest BCUT2D eigenvalue weighted by Gasteiger charge is 2.36. The molecule has 0 saturated carbocycles. The van der Waals surface area contributed by atoms with E-state index in [4.69, 9.17) is 21.1 Å². The number of aryl methyl sites for hydroxylation is 1. The summed E-state index contributed by atoms with van der Waals surface area (Å²) in [6.07, 6.45) is 0.0296. The van der Waals surface area contributed by atoms with Crippen LogP contribution in [0.5, 0.6) is 5.75 Å². The highest BCUT2D eigenvalue weighted by molar-refractivity contribution is 6.31. The van der Waals surface area contributed by atoms with Gasteiger partial charge in [-0.05, 0) is 36.8 Å². The number of rotatable bonds is 6. The van der Waals surface area contributed by atoms with Gasteiger partial charge in [0.2, 0.25) is 5.91 Å². The summed E-state index contributed by atoms with van der Waals surface area (Å²) >= 11 is 6.13. The summed E-state index contributed by atoms with van der Waals surface area (Å²) in [6.45, 7) is 1.63. The summed E-state index contributed by atoms with van der Waals surface area (Å²) in [7, 11) is 1.53. The fourth-order valence-electron chi connectivity index (χ4n) is 3.02.